The lowest BCUT2D eigenvalue weighted by atomic mass is 10.0. The largest absolute Gasteiger partial charge is 0.493 e. The summed E-state index contributed by atoms with van der Waals surface area (Å²) < 4.78 is 32.5. The quantitative estimate of drug-likeness (QED) is 0.822. The summed E-state index contributed by atoms with van der Waals surface area (Å²) in [4.78, 5) is 0. The predicted molar refractivity (Wildman–Crippen MR) is 75.4 cm³/mol. The van der Waals surface area contributed by atoms with Gasteiger partial charge < -0.3 is 15.2 Å². The molecule has 1 aromatic rings. The molecule has 0 saturated heterocycles. The van der Waals surface area contributed by atoms with Crippen molar-refractivity contribution in [2.24, 2.45) is 5.73 Å². The Kier molecular flexibility index (Phi) is 5.62. The van der Waals surface area contributed by atoms with Gasteiger partial charge in [0.25, 0.3) is 0 Å². The zero-order chi connectivity index (χ0) is 14.5. The molecule has 2 N–H and O–H groups in total. The minimum Gasteiger partial charge on any atom is -0.493 e. The summed E-state index contributed by atoms with van der Waals surface area (Å²) in [5.41, 5.74) is 6.96. The summed E-state index contributed by atoms with van der Waals surface area (Å²) >= 11 is 0. The van der Waals surface area contributed by atoms with Crippen LogP contribution in [0.25, 0.3) is 0 Å². The van der Waals surface area contributed by atoms with Gasteiger partial charge in [-0.15, -0.1) is 0 Å². The molecule has 0 saturated carbocycles. The molecule has 0 aliphatic rings. The van der Waals surface area contributed by atoms with Crippen LogP contribution in [0, 0.1) is 0 Å². The molecule has 0 aromatic heterocycles. The molecule has 6 heteroatoms. The number of hydrogen-bond donors (Lipinski definition) is 1. The van der Waals surface area contributed by atoms with Crippen LogP contribution >= 0.6 is 0 Å². The molecule has 0 spiro atoms. The second kappa shape index (κ2) is 6.77. The van der Waals surface area contributed by atoms with E-state index in [1.165, 1.54) is 6.26 Å². The van der Waals surface area contributed by atoms with E-state index in [0.29, 0.717) is 24.3 Å². The van der Waals surface area contributed by atoms with Gasteiger partial charge in [0.2, 0.25) is 0 Å². The third-order valence-corrected chi connectivity index (χ3v) is 3.90. The highest BCUT2D eigenvalue weighted by Crippen LogP contribution is 2.30. The van der Waals surface area contributed by atoms with Crippen LogP contribution in [0.1, 0.15) is 24.4 Å². The van der Waals surface area contributed by atoms with E-state index in [9.17, 15) is 8.42 Å². The van der Waals surface area contributed by atoms with Crippen molar-refractivity contribution in [2.45, 2.75) is 18.9 Å². The maximum atomic E-state index is 11.1. The standard InChI is InChI=1S/C13H21NO4S/c1-17-12-7-6-10(9-13(12)18-2)11(14)5-4-8-19(3,15)16/h6-7,9,11H,4-5,8,14H2,1-3H3. The van der Waals surface area contributed by atoms with Crippen LogP contribution < -0.4 is 15.2 Å². The Hall–Kier alpha value is -1.27. The van der Waals surface area contributed by atoms with Gasteiger partial charge in [-0.25, -0.2) is 8.42 Å². The average molecular weight is 287 g/mol. The lowest BCUT2D eigenvalue weighted by molar-refractivity contribution is 0.354. The van der Waals surface area contributed by atoms with Gasteiger partial charge >= 0.3 is 0 Å². The van der Waals surface area contributed by atoms with Gasteiger partial charge in [0.05, 0.1) is 14.2 Å². The van der Waals surface area contributed by atoms with Crippen molar-refractivity contribution in [1.82, 2.24) is 0 Å². The van der Waals surface area contributed by atoms with Crippen LogP contribution in [0.2, 0.25) is 0 Å². The summed E-state index contributed by atoms with van der Waals surface area (Å²) in [6.07, 6.45) is 2.39. The molecule has 0 radical (unpaired) electrons. The Balaban J connectivity index is 2.69. The Morgan fingerprint density at radius 2 is 1.84 bits per heavy atom. The van der Waals surface area contributed by atoms with Crippen molar-refractivity contribution in [3.05, 3.63) is 23.8 Å². The fraction of sp³-hybridized carbons (Fsp3) is 0.538. The highest BCUT2D eigenvalue weighted by Gasteiger charge is 2.11. The molecule has 1 atom stereocenters. The minimum absolute atomic E-state index is 0.161. The van der Waals surface area contributed by atoms with Crippen LogP contribution in [0.3, 0.4) is 0 Å². The molecule has 0 aliphatic carbocycles. The number of methoxy groups -OCH3 is 2. The lowest BCUT2D eigenvalue weighted by Gasteiger charge is -2.14. The molecule has 5 nitrogen and oxygen atoms in total. The number of benzene rings is 1. The van der Waals surface area contributed by atoms with Crippen molar-refractivity contribution in [2.75, 3.05) is 26.2 Å². The normalized spacial score (nSPS) is 13.1. The molecule has 0 amide bonds. The van der Waals surface area contributed by atoms with Crippen molar-refractivity contribution < 1.29 is 17.9 Å². The van der Waals surface area contributed by atoms with E-state index in [1.54, 1.807) is 20.3 Å². The molecule has 0 aliphatic heterocycles. The van der Waals surface area contributed by atoms with Crippen molar-refractivity contribution in [3.63, 3.8) is 0 Å². The Morgan fingerprint density at radius 1 is 1.21 bits per heavy atom. The molecular weight excluding hydrogens is 266 g/mol. The first-order valence-corrected chi connectivity index (χ1v) is 8.08. The van der Waals surface area contributed by atoms with Crippen molar-refractivity contribution >= 4 is 9.84 Å². The van der Waals surface area contributed by atoms with Gasteiger partial charge in [0, 0.05) is 18.1 Å². The fourth-order valence-corrected chi connectivity index (χ4v) is 2.51. The van der Waals surface area contributed by atoms with Crippen molar-refractivity contribution in [1.29, 1.82) is 0 Å². The second-order valence-corrected chi connectivity index (χ2v) is 6.75. The van der Waals surface area contributed by atoms with E-state index in [0.717, 1.165) is 5.56 Å². The summed E-state index contributed by atoms with van der Waals surface area (Å²) in [6, 6.07) is 5.28. The van der Waals surface area contributed by atoms with Crippen LogP contribution in [-0.4, -0.2) is 34.6 Å². The first kappa shape index (κ1) is 15.8. The van der Waals surface area contributed by atoms with E-state index >= 15 is 0 Å². The van der Waals surface area contributed by atoms with Gasteiger partial charge in [-0.05, 0) is 30.5 Å². The molecular formula is C13H21NO4S. The molecule has 0 heterocycles. The van der Waals surface area contributed by atoms with Crippen LogP contribution in [0.15, 0.2) is 18.2 Å². The van der Waals surface area contributed by atoms with Gasteiger partial charge in [-0.2, -0.15) is 0 Å². The maximum absolute atomic E-state index is 11.1. The number of nitrogens with two attached hydrogens (primary N) is 1. The highest BCUT2D eigenvalue weighted by molar-refractivity contribution is 7.90. The number of sulfone groups is 1. The summed E-state index contributed by atoms with van der Waals surface area (Å²) in [7, 11) is 0.214. The Morgan fingerprint density at radius 3 is 2.37 bits per heavy atom. The number of ether oxygens (including phenoxy) is 2. The van der Waals surface area contributed by atoms with E-state index in [2.05, 4.69) is 0 Å². The summed E-state index contributed by atoms with van der Waals surface area (Å²) in [6.45, 7) is 0. The summed E-state index contributed by atoms with van der Waals surface area (Å²) in [5.74, 6) is 1.43. The first-order valence-electron chi connectivity index (χ1n) is 6.02. The van der Waals surface area contributed by atoms with E-state index in [-0.39, 0.29) is 11.8 Å². The zero-order valence-corrected chi connectivity index (χ0v) is 12.4. The number of hydrogen-bond acceptors (Lipinski definition) is 5. The fourth-order valence-electron chi connectivity index (χ4n) is 1.82. The van der Waals surface area contributed by atoms with Gasteiger partial charge in [0.15, 0.2) is 11.5 Å². The lowest BCUT2D eigenvalue weighted by Crippen LogP contribution is -2.13. The number of rotatable bonds is 7. The van der Waals surface area contributed by atoms with Gasteiger partial charge in [-0.3, -0.25) is 0 Å². The van der Waals surface area contributed by atoms with E-state index < -0.39 is 9.84 Å². The SMILES string of the molecule is COc1ccc(C(N)CCCS(C)(=O)=O)cc1OC. The third kappa shape index (κ3) is 5.08. The van der Waals surface area contributed by atoms with Crippen LogP contribution in [0.5, 0.6) is 11.5 Å². The molecule has 0 bridgehead atoms. The van der Waals surface area contributed by atoms with E-state index in [4.69, 9.17) is 15.2 Å². The third-order valence-electron chi connectivity index (χ3n) is 2.87. The monoisotopic (exact) mass is 287 g/mol. The predicted octanol–water partition coefficient (Wildman–Crippen LogP) is 1.53. The molecule has 1 aromatic carbocycles. The Bertz CT molecular complexity index is 513. The van der Waals surface area contributed by atoms with E-state index in [1.807, 2.05) is 12.1 Å². The van der Waals surface area contributed by atoms with Gasteiger partial charge in [0.1, 0.15) is 9.84 Å². The smallest absolute Gasteiger partial charge is 0.161 e. The summed E-state index contributed by atoms with van der Waals surface area (Å²) in [5, 5.41) is 0. The van der Waals surface area contributed by atoms with Crippen LogP contribution in [0.4, 0.5) is 0 Å². The molecule has 1 unspecified atom stereocenters. The molecule has 0 fully saturated rings. The second-order valence-electron chi connectivity index (χ2n) is 4.49. The minimum atomic E-state index is -2.93. The molecule has 108 valence electrons. The maximum Gasteiger partial charge on any atom is 0.161 e. The van der Waals surface area contributed by atoms with Crippen LogP contribution in [-0.2, 0) is 9.84 Å². The zero-order valence-electron chi connectivity index (χ0n) is 11.5. The highest BCUT2D eigenvalue weighted by atomic mass is 32.2. The molecule has 1 rings (SSSR count). The van der Waals surface area contributed by atoms with Crippen molar-refractivity contribution in [3.8, 4) is 11.5 Å². The topological polar surface area (TPSA) is 78.6 Å². The average Bonchev–Trinajstić information content (AvgIpc) is 2.36. The first-order chi connectivity index (χ1) is 8.87. The molecule has 19 heavy (non-hydrogen) atoms. The Labute approximate surface area is 114 Å². The van der Waals surface area contributed by atoms with Gasteiger partial charge in [-0.1, -0.05) is 6.07 Å².